The van der Waals surface area contributed by atoms with E-state index >= 15 is 0 Å². The fourth-order valence-corrected chi connectivity index (χ4v) is 3.58. The van der Waals surface area contributed by atoms with Gasteiger partial charge in [-0.2, -0.15) is 0 Å². The SMILES string of the molecule is COc1cc2c(cc1OC)=C(N(C(=O)Nc1ccccc1)c1ccccc1)N(Cl)CN=2.Cl. The molecule has 0 saturated carbocycles. The molecule has 0 atom stereocenters. The van der Waals surface area contributed by atoms with Crippen molar-refractivity contribution in [3.63, 3.8) is 0 Å². The minimum atomic E-state index is -0.360. The van der Waals surface area contributed by atoms with Gasteiger partial charge in [-0.05, 0) is 30.3 Å². The Morgan fingerprint density at radius 1 is 1.00 bits per heavy atom. The third kappa shape index (κ3) is 4.59. The van der Waals surface area contributed by atoms with Crippen LogP contribution >= 0.6 is 24.2 Å². The highest BCUT2D eigenvalue weighted by Gasteiger charge is 2.27. The number of carbonyl (C=O) groups is 1. The number of carbonyl (C=O) groups excluding carboxylic acids is 1. The minimum absolute atomic E-state index is 0. The van der Waals surface area contributed by atoms with Gasteiger partial charge in [-0.1, -0.05) is 36.4 Å². The molecule has 1 N–H and O–H groups in total. The average molecular weight is 473 g/mol. The number of ether oxygens (including phenoxy) is 2. The van der Waals surface area contributed by atoms with Crippen LogP contribution < -0.4 is 30.3 Å². The predicted molar refractivity (Wildman–Crippen MR) is 128 cm³/mol. The zero-order valence-corrected chi connectivity index (χ0v) is 19.1. The third-order valence-corrected chi connectivity index (χ3v) is 5.06. The van der Waals surface area contributed by atoms with Crippen LogP contribution in [0.4, 0.5) is 16.2 Å². The van der Waals surface area contributed by atoms with Gasteiger partial charge in [0.25, 0.3) is 0 Å². The molecule has 1 heterocycles. The molecule has 9 heteroatoms. The van der Waals surface area contributed by atoms with Gasteiger partial charge in [0.15, 0.2) is 11.5 Å². The molecule has 32 heavy (non-hydrogen) atoms. The molecule has 166 valence electrons. The lowest BCUT2D eigenvalue weighted by Crippen LogP contribution is -2.47. The normalized spacial score (nSPS) is 12.1. The quantitative estimate of drug-likeness (QED) is 0.570. The summed E-state index contributed by atoms with van der Waals surface area (Å²) in [5, 5.41) is 4.23. The molecule has 2 amide bonds. The van der Waals surface area contributed by atoms with E-state index in [9.17, 15) is 4.79 Å². The molecule has 0 radical (unpaired) electrons. The van der Waals surface area contributed by atoms with E-state index in [1.165, 1.54) is 9.32 Å². The Hall–Kier alpha value is -3.42. The first kappa shape index (κ1) is 23.2. The number of urea groups is 1. The van der Waals surface area contributed by atoms with Gasteiger partial charge in [0.2, 0.25) is 0 Å². The van der Waals surface area contributed by atoms with Crippen molar-refractivity contribution in [2.45, 2.75) is 0 Å². The number of benzene rings is 3. The molecule has 0 aromatic heterocycles. The molecule has 0 fully saturated rings. The van der Waals surface area contributed by atoms with E-state index in [4.69, 9.17) is 21.3 Å². The van der Waals surface area contributed by atoms with Gasteiger partial charge < -0.3 is 14.8 Å². The van der Waals surface area contributed by atoms with E-state index in [2.05, 4.69) is 10.3 Å². The van der Waals surface area contributed by atoms with Crippen LogP contribution in [-0.4, -0.2) is 31.3 Å². The lowest BCUT2D eigenvalue weighted by atomic mass is 10.2. The highest BCUT2D eigenvalue weighted by Crippen LogP contribution is 2.27. The number of fused-ring (bicyclic) bond motifs is 1. The topological polar surface area (TPSA) is 66.4 Å². The van der Waals surface area contributed by atoms with E-state index in [1.807, 2.05) is 60.7 Å². The van der Waals surface area contributed by atoms with Gasteiger partial charge in [0.1, 0.15) is 12.5 Å². The van der Waals surface area contributed by atoms with Crippen LogP contribution in [0.15, 0.2) is 77.8 Å². The van der Waals surface area contributed by atoms with Gasteiger partial charge in [0, 0.05) is 28.7 Å². The van der Waals surface area contributed by atoms with Crippen LogP contribution in [-0.2, 0) is 0 Å². The summed E-state index contributed by atoms with van der Waals surface area (Å²) in [5.74, 6) is 1.53. The van der Waals surface area contributed by atoms with E-state index < -0.39 is 0 Å². The Kier molecular flexibility index (Phi) is 7.45. The van der Waals surface area contributed by atoms with Gasteiger partial charge in [-0.25, -0.2) is 14.1 Å². The molecule has 0 unspecified atom stereocenters. The summed E-state index contributed by atoms with van der Waals surface area (Å²) in [6.45, 7) is 0.168. The van der Waals surface area contributed by atoms with Crippen molar-refractivity contribution < 1.29 is 14.3 Å². The molecule has 3 aromatic carbocycles. The van der Waals surface area contributed by atoms with Crippen LogP contribution in [0.3, 0.4) is 0 Å². The fraction of sp³-hybridized carbons (Fsp3) is 0.130. The van der Waals surface area contributed by atoms with Gasteiger partial charge >= 0.3 is 6.03 Å². The Morgan fingerprint density at radius 3 is 2.22 bits per heavy atom. The highest BCUT2D eigenvalue weighted by atomic mass is 35.5. The first-order valence-corrected chi connectivity index (χ1v) is 9.91. The number of halogens is 2. The number of amides is 2. The van der Waals surface area contributed by atoms with E-state index in [1.54, 1.807) is 26.4 Å². The highest BCUT2D eigenvalue weighted by molar-refractivity contribution is 6.20. The molecule has 0 bridgehead atoms. The van der Waals surface area contributed by atoms with Crippen LogP contribution in [0.5, 0.6) is 11.5 Å². The molecule has 0 saturated heterocycles. The Bertz CT molecular complexity index is 1210. The summed E-state index contributed by atoms with van der Waals surface area (Å²) in [7, 11) is 3.12. The lowest BCUT2D eigenvalue weighted by molar-refractivity contribution is 0.258. The predicted octanol–water partition coefficient (Wildman–Crippen LogP) is 3.98. The summed E-state index contributed by atoms with van der Waals surface area (Å²) in [6, 6.07) is 21.7. The summed E-state index contributed by atoms with van der Waals surface area (Å²) >= 11 is 6.58. The van der Waals surface area contributed by atoms with Crippen molar-refractivity contribution in [3.8, 4) is 11.5 Å². The van der Waals surface area contributed by atoms with Crippen LogP contribution in [0.25, 0.3) is 5.82 Å². The maximum Gasteiger partial charge on any atom is 0.332 e. The van der Waals surface area contributed by atoms with Crippen LogP contribution in [0, 0.1) is 0 Å². The molecular formula is C23H22Cl2N4O3. The molecule has 1 aliphatic rings. The molecular weight excluding hydrogens is 451 g/mol. The van der Waals surface area contributed by atoms with Crippen molar-refractivity contribution >= 4 is 47.4 Å². The standard InChI is InChI=1S/C23H21ClN4O3.ClH/c1-30-20-13-18-19(14-21(20)31-2)25-15-27(24)22(18)28(17-11-7-4-8-12-17)23(29)26-16-9-5-3-6-10-16;/h3-14H,15H2,1-2H3,(H,26,29);1H. The van der Waals surface area contributed by atoms with Gasteiger partial charge in [-0.15, -0.1) is 12.4 Å². The number of anilines is 2. The average Bonchev–Trinajstić information content (AvgIpc) is 2.81. The number of nitrogens with one attached hydrogen (secondary N) is 1. The maximum atomic E-state index is 13.5. The second-order valence-electron chi connectivity index (χ2n) is 6.68. The largest absolute Gasteiger partial charge is 0.493 e. The van der Waals surface area contributed by atoms with Gasteiger partial charge in [0.05, 0.1) is 25.3 Å². The first-order valence-electron chi connectivity index (χ1n) is 9.57. The monoisotopic (exact) mass is 472 g/mol. The molecule has 0 aliphatic carbocycles. The van der Waals surface area contributed by atoms with E-state index in [0.29, 0.717) is 39.3 Å². The number of methoxy groups -OCH3 is 2. The van der Waals surface area contributed by atoms with Crippen LogP contribution in [0.1, 0.15) is 0 Å². The number of nitrogens with zero attached hydrogens (tertiary/aromatic N) is 3. The zero-order valence-electron chi connectivity index (χ0n) is 17.5. The number of rotatable bonds is 5. The third-order valence-electron chi connectivity index (χ3n) is 4.79. The number of hydrogen-bond acceptors (Lipinski definition) is 5. The zero-order chi connectivity index (χ0) is 21.8. The summed E-state index contributed by atoms with van der Waals surface area (Å²) in [6.07, 6.45) is 0. The molecule has 3 aromatic rings. The van der Waals surface area contributed by atoms with Crippen LogP contribution in [0.2, 0.25) is 0 Å². The van der Waals surface area contributed by atoms with Crippen molar-refractivity contribution in [1.82, 2.24) is 4.42 Å². The first-order chi connectivity index (χ1) is 15.1. The number of hydrogen-bond donors (Lipinski definition) is 1. The van der Waals surface area contributed by atoms with E-state index in [0.717, 1.165) is 0 Å². The second kappa shape index (κ2) is 10.3. The molecule has 7 nitrogen and oxygen atoms in total. The van der Waals surface area contributed by atoms with Crippen molar-refractivity contribution in [3.05, 3.63) is 83.4 Å². The molecule has 4 rings (SSSR count). The summed E-state index contributed by atoms with van der Waals surface area (Å²) < 4.78 is 12.3. The smallest absolute Gasteiger partial charge is 0.332 e. The van der Waals surface area contributed by atoms with Crippen molar-refractivity contribution in [2.24, 2.45) is 4.99 Å². The lowest BCUT2D eigenvalue weighted by Gasteiger charge is -2.31. The van der Waals surface area contributed by atoms with Crippen molar-refractivity contribution in [1.29, 1.82) is 0 Å². The Morgan fingerprint density at radius 2 is 1.59 bits per heavy atom. The molecule has 1 aliphatic heterocycles. The number of para-hydroxylation sites is 2. The Labute approximate surface area is 197 Å². The molecule has 0 spiro atoms. The summed E-state index contributed by atoms with van der Waals surface area (Å²) in [4.78, 5) is 19.5. The van der Waals surface area contributed by atoms with Crippen molar-refractivity contribution in [2.75, 3.05) is 31.1 Å². The summed E-state index contributed by atoms with van der Waals surface area (Å²) in [5.41, 5.74) is 1.32. The minimum Gasteiger partial charge on any atom is -0.493 e. The fourth-order valence-electron chi connectivity index (χ4n) is 3.36. The Balaban J connectivity index is 0.00000289. The maximum absolute atomic E-state index is 13.5. The second-order valence-corrected chi connectivity index (χ2v) is 7.08. The van der Waals surface area contributed by atoms with E-state index in [-0.39, 0.29) is 25.1 Å². The van der Waals surface area contributed by atoms with Gasteiger partial charge in [-0.3, -0.25) is 4.99 Å².